The number of nitrogens with zero attached hydrogens (tertiary/aromatic N) is 1. The van der Waals surface area contributed by atoms with Gasteiger partial charge in [0.15, 0.2) is 5.13 Å². The molecule has 0 amide bonds. The Morgan fingerprint density at radius 2 is 2.19 bits per heavy atom. The van der Waals surface area contributed by atoms with E-state index in [1.165, 1.54) is 35.2 Å². The molecule has 0 spiro atoms. The molecule has 0 radical (unpaired) electrons. The van der Waals surface area contributed by atoms with Gasteiger partial charge in [-0.3, -0.25) is 0 Å². The predicted octanol–water partition coefficient (Wildman–Crippen LogP) is 3.30. The fraction of sp³-hybridized carbons (Fsp3) is 0.100. The summed E-state index contributed by atoms with van der Waals surface area (Å²) in [7, 11) is 0. The lowest BCUT2D eigenvalue weighted by Gasteiger charge is -2.01. The summed E-state index contributed by atoms with van der Waals surface area (Å²) in [5, 5.41) is 2.32. The van der Waals surface area contributed by atoms with Crippen molar-refractivity contribution in [3.63, 3.8) is 0 Å². The van der Waals surface area contributed by atoms with Gasteiger partial charge in [0.25, 0.3) is 0 Å². The van der Waals surface area contributed by atoms with E-state index in [0.29, 0.717) is 15.8 Å². The maximum absolute atomic E-state index is 13.3. The highest BCUT2D eigenvalue weighted by Gasteiger charge is 2.06. The van der Waals surface area contributed by atoms with Crippen molar-refractivity contribution in [3.8, 4) is 0 Å². The molecular formula is C10H8F2N2S2. The smallest absolute Gasteiger partial charge is 0.180 e. The van der Waals surface area contributed by atoms with Gasteiger partial charge < -0.3 is 5.73 Å². The molecule has 0 saturated carbocycles. The molecule has 84 valence electrons. The summed E-state index contributed by atoms with van der Waals surface area (Å²) in [6, 6.07) is 3.53. The van der Waals surface area contributed by atoms with Gasteiger partial charge in [0.2, 0.25) is 0 Å². The normalized spacial score (nSPS) is 10.6. The van der Waals surface area contributed by atoms with E-state index in [-0.39, 0.29) is 0 Å². The van der Waals surface area contributed by atoms with Gasteiger partial charge in [-0.05, 0) is 12.1 Å². The molecule has 2 aromatic rings. The number of aromatic nitrogens is 1. The minimum absolute atomic E-state index is 0.410. The summed E-state index contributed by atoms with van der Waals surface area (Å²) in [6.45, 7) is 0. The van der Waals surface area contributed by atoms with Gasteiger partial charge >= 0.3 is 0 Å². The first-order valence-electron chi connectivity index (χ1n) is 4.43. The standard InChI is InChI=1S/C10H8F2N2S2/c11-6-1-2-9(8(12)3-6)15-4-7-5-16-10(13)14-7/h1-3,5H,4H2,(H2,13,14). The van der Waals surface area contributed by atoms with Gasteiger partial charge in [0.1, 0.15) is 11.6 Å². The third kappa shape index (κ3) is 2.70. The molecule has 16 heavy (non-hydrogen) atoms. The molecule has 1 heterocycles. The number of hydrogen-bond donors (Lipinski definition) is 1. The zero-order chi connectivity index (χ0) is 11.5. The Bertz CT molecular complexity index is 499. The largest absolute Gasteiger partial charge is 0.375 e. The summed E-state index contributed by atoms with van der Waals surface area (Å²) in [6.07, 6.45) is 0. The maximum Gasteiger partial charge on any atom is 0.180 e. The number of hydrogen-bond acceptors (Lipinski definition) is 4. The summed E-state index contributed by atoms with van der Waals surface area (Å²) in [5.41, 5.74) is 6.27. The fourth-order valence-electron chi connectivity index (χ4n) is 1.13. The third-order valence-corrected chi connectivity index (χ3v) is 3.64. The Morgan fingerprint density at radius 1 is 1.38 bits per heavy atom. The number of anilines is 1. The van der Waals surface area contributed by atoms with Crippen LogP contribution in [0.5, 0.6) is 0 Å². The number of thioether (sulfide) groups is 1. The molecule has 2 nitrogen and oxygen atoms in total. The quantitative estimate of drug-likeness (QED) is 0.858. The molecule has 0 fully saturated rings. The molecular weight excluding hydrogens is 250 g/mol. The number of thiazole rings is 1. The second kappa shape index (κ2) is 4.80. The van der Waals surface area contributed by atoms with Crippen LogP contribution in [0.25, 0.3) is 0 Å². The number of rotatable bonds is 3. The highest BCUT2D eigenvalue weighted by Crippen LogP contribution is 2.26. The summed E-state index contributed by atoms with van der Waals surface area (Å²) in [5.74, 6) is -0.594. The van der Waals surface area contributed by atoms with E-state index in [0.717, 1.165) is 11.8 Å². The molecule has 0 aliphatic rings. The molecule has 2 N–H and O–H groups in total. The van der Waals surface area contributed by atoms with Crippen LogP contribution < -0.4 is 5.73 Å². The van der Waals surface area contributed by atoms with E-state index in [1.54, 1.807) is 0 Å². The van der Waals surface area contributed by atoms with Gasteiger partial charge in [-0.1, -0.05) is 0 Å². The molecule has 0 bridgehead atoms. The maximum atomic E-state index is 13.3. The first-order chi connectivity index (χ1) is 7.65. The lowest BCUT2D eigenvalue weighted by molar-refractivity contribution is 0.565. The zero-order valence-electron chi connectivity index (χ0n) is 8.11. The molecule has 1 aromatic heterocycles. The van der Waals surface area contributed by atoms with Crippen LogP contribution in [0, 0.1) is 11.6 Å². The minimum Gasteiger partial charge on any atom is -0.375 e. The van der Waals surface area contributed by atoms with Crippen LogP contribution in [0.4, 0.5) is 13.9 Å². The monoisotopic (exact) mass is 258 g/mol. The van der Waals surface area contributed by atoms with Crippen molar-refractivity contribution in [1.29, 1.82) is 0 Å². The second-order valence-corrected chi connectivity index (χ2v) is 4.95. The van der Waals surface area contributed by atoms with Gasteiger partial charge in [-0.2, -0.15) is 0 Å². The van der Waals surface area contributed by atoms with Crippen LogP contribution in [0.15, 0.2) is 28.5 Å². The molecule has 6 heteroatoms. The molecule has 1 aromatic carbocycles. The summed E-state index contributed by atoms with van der Waals surface area (Å²) in [4.78, 5) is 4.46. The van der Waals surface area contributed by atoms with E-state index in [1.807, 2.05) is 5.38 Å². The Balaban J connectivity index is 2.04. The Kier molecular flexibility index (Phi) is 3.40. The van der Waals surface area contributed by atoms with Crippen molar-refractivity contribution in [1.82, 2.24) is 4.98 Å². The Hall–Kier alpha value is -1.14. The van der Waals surface area contributed by atoms with Gasteiger partial charge in [0, 0.05) is 22.1 Å². The number of benzene rings is 1. The van der Waals surface area contributed by atoms with E-state index >= 15 is 0 Å². The lowest BCUT2D eigenvalue weighted by Crippen LogP contribution is -1.87. The second-order valence-electron chi connectivity index (χ2n) is 3.04. The van der Waals surface area contributed by atoms with Crippen molar-refractivity contribution in [2.75, 3.05) is 5.73 Å². The van der Waals surface area contributed by atoms with Crippen molar-refractivity contribution in [2.45, 2.75) is 10.6 Å². The summed E-state index contributed by atoms with van der Waals surface area (Å²) >= 11 is 2.61. The topological polar surface area (TPSA) is 38.9 Å². The van der Waals surface area contributed by atoms with E-state index in [9.17, 15) is 8.78 Å². The van der Waals surface area contributed by atoms with Gasteiger partial charge in [-0.15, -0.1) is 23.1 Å². The van der Waals surface area contributed by atoms with Gasteiger partial charge in [0.05, 0.1) is 5.69 Å². The number of halogens is 2. The molecule has 0 aliphatic heterocycles. The lowest BCUT2D eigenvalue weighted by atomic mass is 10.3. The zero-order valence-corrected chi connectivity index (χ0v) is 9.75. The van der Waals surface area contributed by atoms with E-state index in [4.69, 9.17) is 5.73 Å². The fourth-order valence-corrected chi connectivity index (χ4v) is 2.61. The highest BCUT2D eigenvalue weighted by atomic mass is 32.2. The molecule has 0 atom stereocenters. The average Bonchev–Trinajstić information content (AvgIpc) is 2.63. The molecule has 0 unspecified atom stereocenters. The van der Waals surface area contributed by atoms with Crippen LogP contribution in [0.2, 0.25) is 0 Å². The van der Waals surface area contributed by atoms with E-state index in [2.05, 4.69) is 4.98 Å². The van der Waals surface area contributed by atoms with Crippen LogP contribution in [-0.2, 0) is 5.75 Å². The highest BCUT2D eigenvalue weighted by molar-refractivity contribution is 7.98. The predicted molar refractivity (Wildman–Crippen MR) is 62.4 cm³/mol. The average molecular weight is 258 g/mol. The number of nitrogens with two attached hydrogens (primary N) is 1. The molecule has 2 rings (SSSR count). The van der Waals surface area contributed by atoms with Crippen LogP contribution in [-0.4, -0.2) is 4.98 Å². The third-order valence-electron chi connectivity index (χ3n) is 1.84. The van der Waals surface area contributed by atoms with Gasteiger partial charge in [-0.25, -0.2) is 13.8 Å². The summed E-state index contributed by atoms with van der Waals surface area (Å²) < 4.78 is 25.9. The minimum atomic E-state index is -0.570. The first kappa shape index (κ1) is 11.3. The first-order valence-corrected chi connectivity index (χ1v) is 6.29. The Morgan fingerprint density at radius 3 is 2.81 bits per heavy atom. The van der Waals surface area contributed by atoms with Crippen molar-refractivity contribution < 1.29 is 8.78 Å². The SMILES string of the molecule is Nc1nc(CSc2ccc(F)cc2F)cs1. The van der Waals surface area contributed by atoms with Crippen molar-refractivity contribution in [3.05, 3.63) is 40.9 Å². The van der Waals surface area contributed by atoms with Crippen LogP contribution >= 0.6 is 23.1 Å². The molecule has 0 aliphatic carbocycles. The number of nitrogen functional groups attached to an aromatic ring is 1. The van der Waals surface area contributed by atoms with E-state index < -0.39 is 11.6 Å². The van der Waals surface area contributed by atoms with Crippen molar-refractivity contribution >= 4 is 28.2 Å². The Labute approximate surface area is 99.5 Å². The molecule has 0 saturated heterocycles. The van der Waals surface area contributed by atoms with Crippen LogP contribution in [0.3, 0.4) is 0 Å². The van der Waals surface area contributed by atoms with Crippen LogP contribution in [0.1, 0.15) is 5.69 Å². The van der Waals surface area contributed by atoms with Crippen molar-refractivity contribution in [2.24, 2.45) is 0 Å².